The number of nitrogens with one attached hydrogen (secondary N) is 1. The molecule has 0 aromatic heterocycles. The van der Waals surface area contributed by atoms with Gasteiger partial charge in [0.05, 0.1) is 12.8 Å². The van der Waals surface area contributed by atoms with Crippen molar-refractivity contribution >= 4 is 29.5 Å². The SMILES string of the molecule is COc1cc(SC)ccc1C=C(C)C1=NNC(=O)CC1C. The van der Waals surface area contributed by atoms with Crippen molar-refractivity contribution in [1.82, 2.24) is 5.43 Å². The van der Waals surface area contributed by atoms with Crippen molar-refractivity contribution < 1.29 is 9.53 Å². The van der Waals surface area contributed by atoms with Crippen LogP contribution in [0.1, 0.15) is 25.8 Å². The van der Waals surface area contributed by atoms with E-state index >= 15 is 0 Å². The predicted molar refractivity (Wildman–Crippen MR) is 87.8 cm³/mol. The summed E-state index contributed by atoms with van der Waals surface area (Å²) in [6.45, 7) is 4.03. The molecule has 1 heterocycles. The second-order valence-corrected chi connectivity index (χ2v) is 5.95. The minimum Gasteiger partial charge on any atom is -0.496 e. The summed E-state index contributed by atoms with van der Waals surface area (Å²) in [5.74, 6) is 0.946. The van der Waals surface area contributed by atoms with Gasteiger partial charge in [0.1, 0.15) is 5.75 Å². The van der Waals surface area contributed by atoms with Gasteiger partial charge in [0.2, 0.25) is 5.91 Å². The Hall–Kier alpha value is -1.75. The van der Waals surface area contributed by atoms with Crippen LogP contribution in [0.25, 0.3) is 6.08 Å². The lowest BCUT2D eigenvalue weighted by Gasteiger charge is -2.19. The fourth-order valence-electron chi connectivity index (χ4n) is 2.37. The van der Waals surface area contributed by atoms with Gasteiger partial charge in [0.15, 0.2) is 0 Å². The molecular weight excluding hydrogens is 284 g/mol. The Morgan fingerprint density at radius 1 is 1.52 bits per heavy atom. The highest BCUT2D eigenvalue weighted by atomic mass is 32.2. The number of hydrogen-bond acceptors (Lipinski definition) is 4. The number of thioether (sulfide) groups is 1. The zero-order valence-corrected chi connectivity index (χ0v) is 13.6. The number of ether oxygens (including phenoxy) is 1. The van der Waals surface area contributed by atoms with Crippen LogP contribution in [0, 0.1) is 5.92 Å². The highest BCUT2D eigenvalue weighted by Crippen LogP contribution is 2.28. The van der Waals surface area contributed by atoms with E-state index in [1.807, 2.05) is 32.2 Å². The maximum Gasteiger partial charge on any atom is 0.240 e. The van der Waals surface area contributed by atoms with E-state index in [4.69, 9.17) is 4.74 Å². The van der Waals surface area contributed by atoms with Gasteiger partial charge in [-0.25, -0.2) is 5.43 Å². The average molecular weight is 304 g/mol. The summed E-state index contributed by atoms with van der Waals surface area (Å²) in [7, 11) is 1.67. The Morgan fingerprint density at radius 2 is 2.29 bits per heavy atom. The quantitative estimate of drug-likeness (QED) is 0.868. The van der Waals surface area contributed by atoms with Gasteiger partial charge < -0.3 is 4.74 Å². The minimum absolute atomic E-state index is 0.0269. The molecule has 21 heavy (non-hydrogen) atoms. The van der Waals surface area contributed by atoms with Crippen molar-refractivity contribution in [2.24, 2.45) is 11.0 Å². The molecule has 4 nitrogen and oxygen atoms in total. The highest BCUT2D eigenvalue weighted by Gasteiger charge is 2.21. The molecule has 1 aromatic carbocycles. The summed E-state index contributed by atoms with van der Waals surface area (Å²) < 4.78 is 5.45. The zero-order valence-electron chi connectivity index (χ0n) is 12.8. The van der Waals surface area contributed by atoms with Crippen LogP contribution in [0.4, 0.5) is 0 Å². The van der Waals surface area contributed by atoms with Crippen molar-refractivity contribution in [3.63, 3.8) is 0 Å². The molecule has 0 aliphatic carbocycles. The van der Waals surface area contributed by atoms with Gasteiger partial charge in [-0.1, -0.05) is 13.0 Å². The van der Waals surface area contributed by atoms with Gasteiger partial charge in [-0.2, -0.15) is 5.10 Å². The van der Waals surface area contributed by atoms with Crippen LogP contribution in [-0.2, 0) is 4.79 Å². The fourth-order valence-corrected chi connectivity index (χ4v) is 2.80. The van der Waals surface area contributed by atoms with Gasteiger partial charge in [0.25, 0.3) is 0 Å². The molecule has 1 aliphatic heterocycles. The van der Waals surface area contributed by atoms with E-state index < -0.39 is 0 Å². The predicted octanol–water partition coefficient (Wildman–Crippen LogP) is 3.33. The molecule has 0 bridgehead atoms. The van der Waals surface area contributed by atoms with Crippen LogP contribution in [0.15, 0.2) is 33.8 Å². The summed E-state index contributed by atoms with van der Waals surface area (Å²) in [6, 6.07) is 6.14. The summed E-state index contributed by atoms with van der Waals surface area (Å²) in [5.41, 5.74) is 5.52. The molecule has 0 saturated carbocycles. The molecule has 1 unspecified atom stereocenters. The maximum atomic E-state index is 11.3. The van der Waals surface area contributed by atoms with Gasteiger partial charge in [0, 0.05) is 22.8 Å². The number of benzene rings is 1. The van der Waals surface area contributed by atoms with Gasteiger partial charge in [-0.05, 0) is 37.0 Å². The molecule has 1 aliphatic rings. The molecule has 5 heteroatoms. The van der Waals surface area contributed by atoms with E-state index in [-0.39, 0.29) is 11.8 Å². The van der Waals surface area contributed by atoms with Crippen molar-refractivity contribution in [1.29, 1.82) is 0 Å². The first-order valence-corrected chi connectivity index (χ1v) is 8.04. The molecule has 1 atom stereocenters. The molecule has 1 amide bonds. The average Bonchev–Trinajstić information content (AvgIpc) is 2.47. The van der Waals surface area contributed by atoms with E-state index in [0.717, 1.165) is 27.5 Å². The molecule has 1 N–H and O–H groups in total. The fraction of sp³-hybridized carbons (Fsp3) is 0.375. The minimum atomic E-state index is -0.0269. The van der Waals surface area contributed by atoms with Crippen LogP contribution >= 0.6 is 11.8 Å². The number of amides is 1. The Kier molecular flexibility index (Phi) is 5.07. The highest BCUT2D eigenvalue weighted by molar-refractivity contribution is 7.98. The second kappa shape index (κ2) is 6.80. The van der Waals surface area contributed by atoms with Gasteiger partial charge in [-0.3, -0.25) is 4.79 Å². The topological polar surface area (TPSA) is 50.7 Å². The van der Waals surface area contributed by atoms with Crippen LogP contribution in [0.2, 0.25) is 0 Å². The molecule has 0 radical (unpaired) electrons. The number of carbonyl (C=O) groups is 1. The number of nitrogens with zero attached hydrogens (tertiary/aromatic N) is 1. The lowest BCUT2D eigenvalue weighted by molar-refractivity contribution is -0.121. The number of methoxy groups -OCH3 is 1. The normalized spacial score (nSPS) is 19.0. The summed E-state index contributed by atoms with van der Waals surface area (Å²) in [6.07, 6.45) is 4.57. The Bertz CT molecular complexity index is 608. The van der Waals surface area contributed by atoms with E-state index in [1.165, 1.54) is 0 Å². The summed E-state index contributed by atoms with van der Waals surface area (Å²) >= 11 is 1.68. The molecule has 112 valence electrons. The number of rotatable bonds is 4. The van der Waals surface area contributed by atoms with Crippen LogP contribution in [-0.4, -0.2) is 25.0 Å². The van der Waals surface area contributed by atoms with Crippen molar-refractivity contribution in [2.75, 3.05) is 13.4 Å². The molecule has 2 rings (SSSR count). The van der Waals surface area contributed by atoms with Crippen molar-refractivity contribution in [3.8, 4) is 5.75 Å². The first kappa shape index (κ1) is 15.6. The number of carbonyl (C=O) groups excluding carboxylic acids is 1. The van der Waals surface area contributed by atoms with Crippen LogP contribution in [0.5, 0.6) is 5.75 Å². The first-order valence-electron chi connectivity index (χ1n) is 6.82. The summed E-state index contributed by atoms with van der Waals surface area (Å²) in [5, 5.41) is 4.18. The molecule has 0 spiro atoms. The van der Waals surface area contributed by atoms with Crippen molar-refractivity contribution in [2.45, 2.75) is 25.2 Å². The van der Waals surface area contributed by atoms with E-state index in [2.05, 4.69) is 22.7 Å². The zero-order chi connectivity index (χ0) is 15.4. The van der Waals surface area contributed by atoms with Gasteiger partial charge in [-0.15, -0.1) is 11.8 Å². The third-order valence-corrected chi connectivity index (χ3v) is 4.20. The lowest BCUT2D eigenvalue weighted by Crippen LogP contribution is -2.31. The molecule has 0 saturated heterocycles. The van der Waals surface area contributed by atoms with Crippen LogP contribution in [0.3, 0.4) is 0 Å². The van der Waals surface area contributed by atoms with E-state index in [0.29, 0.717) is 6.42 Å². The number of hydrazone groups is 1. The Morgan fingerprint density at radius 3 is 2.90 bits per heavy atom. The molecular formula is C16H20N2O2S. The first-order chi connectivity index (χ1) is 10.0. The number of hydrogen-bond donors (Lipinski definition) is 1. The molecule has 1 aromatic rings. The Labute approximate surface area is 129 Å². The van der Waals surface area contributed by atoms with Crippen molar-refractivity contribution in [3.05, 3.63) is 29.3 Å². The maximum absolute atomic E-state index is 11.3. The Balaban J connectivity index is 2.32. The monoisotopic (exact) mass is 304 g/mol. The standard InChI is InChI=1S/C16H20N2O2S/c1-10(16-11(2)8-15(19)17-18-16)7-12-5-6-13(21-4)9-14(12)20-3/h5-7,9,11H,8H2,1-4H3,(H,17,19). The number of allylic oxidation sites excluding steroid dienone is 1. The lowest BCUT2D eigenvalue weighted by atomic mass is 9.93. The third kappa shape index (κ3) is 3.67. The summed E-state index contributed by atoms with van der Waals surface area (Å²) in [4.78, 5) is 12.5. The largest absolute Gasteiger partial charge is 0.496 e. The van der Waals surface area contributed by atoms with Crippen LogP contribution < -0.4 is 10.2 Å². The smallest absolute Gasteiger partial charge is 0.240 e. The molecule has 0 fully saturated rings. The third-order valence-electron chi connectivity index (χ3n) is 3.48. The van der Waals surface area contributed by atoms with E-state index in [1.54, 1.807) is 18.9 Å². The second-order valence-electron chi connectivity index (χ2n) is 5.07. The van der Waals surface area contributed by atoms with Gasteiger partial charge >= 0.3 is 0 Å². The van der Waals surface area contributed by atoms with E-state index in [9.17, 15) is 4.79 Å².